The van der Waals surface area contributed by atoms with Crippen molar-refractivity contribution >= 4 is 11.5 Å². The molecule has 0 bridgehead atoms. The van der Waals surface area contributed by atoms with E-state index in [9.17, 15) is 0 Å². The normalized spacial score (nSPS) is 10.1. The quantitative estimate of drug-likeness (QED) is 0.605. The monoisotopic (exact) mass is 284 g/mol. The highest BCUT2D eigenvalue weighted by atomic mass is 16.5. The number of aromatic nitrogens is 1. The Bertz CT molecular complexity index is 586. The van der Waals surface area contributed by atoms with Crippen molar-refractivity contribution in [1.82, 2.24) is 4.98 Å². The molecule has 0 fully saturated rings. The number of nitrogens with zero attached hydrogens (tertiary/aromatic N) is 2. The highest BCUT2D eigenvalue weighted by molar-refractivity contribution is 5.77. The lowest BCUT2D eigenvalue weighted by atomic mass is 10.2. The van der Waals surface area contributed by atoms with Crippen molar-refractivity contribution in [3.63, 3.8) is 0 Å². The second-order valence-corrected chi connectivity index (χ2v) is 4.70. The number of pyridine rings is 1. The molecular formula is C16H20N4O. The Labute approximate surface area is 124 Å². The van der Waals surface area contributed by atoms with Gasteiger partial charge in [-0.05, 0) is 18.2 Å². The number of hydrogen-bond acceptors (Lipinski definition) is 4. The van der Waals surface area contributed by atoms with E-state index in [1.165, 1.54) is 0 Å². The third-order valence-corrected chi connectivity index (χ3v) is 3.18. The lowest BCUT2D eigenvalue weighted by Crippen LogP contribution is -2.27. The first-order valence-corrected chi connectivity index (χ1v) is 6.81. The molecule has 1 heterocycles. The Morgan fingerprint density at radius 3 is 2.67 bits per heavy atom. The van der Waals surface area contributed by atoms with Crippen LogP contribution in [-0.2, 0) is 6.54 Å². The summed E-state index contributed by atoms with van der Waals surface area (Å²) in [5, 5.41) is 7.42. The van der Waals surface area contributed by atoms with Gasteiger partial charge >= 0.3 is 0 Å². The molecule has 3 N–H and O–H groups in total. The largest absolute Gasteiger partial charge is 0.481 e. The zero-order valence-electron chi connectivity index (χ0n) is 12.1. The predicted octanol–water partition coefficient (Wildman–Crippen LogP) is 2.42. The molecule has 0 unspecified atom stereocenters. The molecular weight excluding hydrogens is 264 g/mol. The summed E-state index contributed by atoms with van der Waals surface area (Å²) in [6, 6.07) is 14.0. The minimum absolute atomic E-state index is 0.189. The molecule has 0 aliphatic heterocycles. The summed E-state index contributed by atoms with van der Waals surface area (Å²) in [7, 11) is 1.62. The number of amidine groups is 1. The predicted molar refractivity (Wildman–Crippen MR) is 84.8 cm³/mol. The summed E-state index contributed by atoms with van der Waals surface area (Å²) in [4.78, 5) is 6.39. The maximum absolute atomic E-state index is 7.42. The van der Waals surface area contributed by atoms with Crippen molar-refractivity contribution in [2.75, 3.05) is 18.6 Å². The van der Waals surface area contributed by atoms with Crippen molar-refractivity contribution in [2.45, 2.75) is 13.0 Å². The molecule has 5 nitrogen and oxygen atoms in total. The Morgan fingerprint density at radius 1 is 1.24 bits per heavy atom. The van der Waals surface area contributed by atoms with Crippen molar-refractivity contribution < 1.29 is 4.74 Å². The van der Waals surface area contributed by atoms with Crippen LogP contribution in [0.1, 0.15) is 12.0 Å². The van der Waals surface area contributed by atoms with Gasteiger partial charge in [-0.15, -0.1) is 0 Å². The molecule has 0 saturated carbocycles. The summed E-state index contributed by atoms with van der Waals surface area (Å²) in [5.41, 5.74) is 7.58. The minimum atomic E-state index is 0.189. The van der Waals surface area contributed by atoms with Crippen LogP contribution in [0.3, 0.4) is 0 Å². The van der Waals surface area contributed by atoms with E-state index in [-0.39, 0.29) is 5.84 Å². The number of hydrogen-bond donors (Lipinski definition) is 2. The molecule has 1 aromatic heterocycles. The van der Waals surface area contributed by atoms with Gasteiger partial charge in [0.05, 0.1) is 12.9 Å². The Kier molecular flexibility index (Phi) is 5.15. The van der Waals surface area contributed by atoms with E-state index >= 15 is 0 Å². The summed E-state index contributed by atoms with van der Waals surface area (Å²) >= 11 is 0. The fourth-order valence-electron chi connectivity index (χ4n) is 2.13. The van der Waals surface area contributed by atoms with E-state index in [2.05, 4.69) is 9.88 Å². The van der Waals surface area contributed by atoms with Crippen LogP contribution in [0.5, 0.6) is 5.88 Å². The van der Waals surface area contributed by atoms with Crippen LogP contribution in [0.4, 0.5) is 5.69 Å². The van der Waals surface area contributed by atoms with Gasteiger partial charge in [0.1, 0.15) is 0 Å². The molecule has 1 aromatic carbocycles. The lowest BCUT2D eigenvalue weighted by molar-refractivity contribution is 0.392. The van der Waals surface area contributed by atoms with Gasteiger partial charge in [-0.3, -0.25) is 5.41 Å². The summed E-state index contributed by atoms with van der Waals surface area (Å²) < 4.78 is 5.30. The van der Waals surface area contributed by atoms with Gasteiger partial charge in [0.15, 0.2) is 0 Å². The second kappa shape index (κ2) is 7.28. The van der Waals surface area contributed by atoms with Gasteiger partial charge in [0, 0.05) is 37.0 Å². The molecule has 0 amide bonds. The molecule has 0 atom stereocenters. The van der Waals surface area contributed by atoms with Crippen molar-refractivity contribution in [3.05, 3.63) is 54.2 Å². The van der Waals surface area contributed by atoms with Gasteiger partial charge in [-0.1, -0.05) is 24.3 Å². The molecule has 0 aliphatic carbocycles. The fraction of sp³-hybridized carbons (Fsp3) is 0.250. The number of anilines is 1. The third kappa shape index (κ3) is 4.21. The van der Waals surface area contributed by atoms with Crippen LogP contribution >= 0.6 is 0 Å². The highest BCUT2D eigenvalue weighted by Crippen LogP contribution is 2.21. The number of para-hydroxylation sites is 1. The Balaban J connectivity index is 2.21. The van der Waals surface area contributed by atoms with E-state index in [1.807, 2.05) is 42.5 Å². The molecule has 0 spiro atoms. The summed E-state index contributed by atoms with van der Waals surface area (Å²) in [5.74, 6) is 0.815. The van der Waals surface area contributed by atoms with Crippen LogP contribution in [0.15, 0.2) is 48.7 Å². The molecule has 0 saturated heterocycles. The average Bonchev–Trinajstić information content (AvgIpc) is 2.52. The zero-order chi connectivity index (χ0) is 15.1. The van der Waals surface area contributed by atoms with Gasteiger partial charge in [0.25, 0.3) is 0 Å². The number of benzene rings is 1. The topological polar surface area (TPSA) is 75.2 Å². The van der Waals surface area contributed by atoms with E-state index in [0.29, 0.717) is 25.4 Å². The van der Waals surface area contributed by atoms with E-state index in [0.717, 1.165) is 11.3 Å². The summed E-state index contributed by atoms with van der Waals surface area (Å²) in [6.45, 7) is 1.34. The molecule has 21 heavy (non-hydrogen) atoms. The number of nitrogens with one attached hydrogen (secondary N) is 1. The lowest BCUT2D eigenvalue weighted by Gasteiger charge is -2.25. The number of nitrogens with two attached hydrogens (primary N) is 1. The van der Waals surface area contributed by atoms with Crippen molar-refractivity contribution in [1.29, 1.82) is 5.41 Å². The zero-order valence-corrected chi connectivity index (χ0v) is 12.1. The van der Waals surface area contributed by atoms with E-state index < -0.39 is 0 Å². The smallest absolute Gasteiger partial charge is 0.218 e. The van der Waals surface area contributed by atoms with Gasteiger partial charge in [0.2, 0.25) is 5.88 Å². The average molecular weight is 284 g/mol. The number of methoxy groups -OCH3 is 1. The molecule has 2 aromatic rings. The third-order valence-electron chi connectivity index (χ3n) is 3.18. The van der Waals surface area contributed by atoms with E-state index in [1.54, 1.807) is 13.3 Å². The van der Waals surface area contributed by atoms with Gasteiger partial charge < -0.3 is 15.4 Å². The van der Waals surface area contributed by atoms with Gasteiger partial charge in [-0.2, -0.15) is 0 Å². The molecule has 0 aliphatic rings. The second-order valence-electron chi connectivity index (χ2n) is 4.70. The Morgan fingerprint density at radius 2 is 2.00 bits per heavy atom. The number of rotatable bonds is 7. The molecule has 2 rings (SSSR count). The minimum Gasteiger partial charge on any atom is -0.481 e. The maximum Gasteiger partial charge on any atom is 0.218 e. The molecule has 110 valence electrons. The van der Waals surface area contributed by atoms with Crippen LogP contribution in [0, 0.1) is 5.41 Å². The maximum atomic E-state index is 7.42. The number of ether oxygens (including phenoxy) is 1. The van der Waals surface area contributed by atoms with Crippen LogP contribution < -0.4 is 15.4 Å². The van der Waals surface area contributed by atoms with Crippen LogP contribution in [0.2, 0.25) is 0 Å². The highest BCUT2D eigenvalue weighted by Gasteiger charge is 2.11. The fourth-order valence-corrected chi connectivity index (χ4v) is 2.13. The van der Waals surface area contributed by atoms with Crippen molar-refractivity contribution in [2.24, 2.45) is 5.73 Å². The standard InChI is InChI=1S/C16H20N4O/c1-21-16-13(6-5-10-19-16)12-20(11-9-15(17)18)14-7-3-2-4-8-14/h2-8,10H,9,11-12H2,1H3,(H3,17,18). The SMILES string of the molecule is COc1ncccc1CN(CCC(=N)N)c1ccccc1. The molecule has 5 heteroatoms. The first kappa shape index (κ1) is 14.8. The van der Waals surface area contributed by atoms with Crippen molar-refractivity contribution in [3.8, 4) is 5.88 Å². The first-order chi connectivity index (χ1) is 10.2. The van der Waals surface area contributed by atoms with Gasteiger partial charge in [-0.25, -0.2) is 4.98 Å². The van der Waals surface area contributed by atoms with Crippen LogP contribution in [0.25, 0.3) is 0 Å². The van der Waals surface area contributed by atoms with E-state index in [4.69, 9.17) is 15.9 Å². The first-order valence-electron chi connectivity index (χ1n) is 6.81. The molecule has 0 radical (unpaired) electrons. The summed E-state index contributed by atoms with van der Waals surface area (Å²) in [6.07, 6.45) is 2.24. The van der Waals surface area contributed by atoms with Crippen LogP contribution in [-0.4, -0.2) is 24.5 Å². The Hall–Kier alpha value is -2.56.